The standard InChI is InChI=1S/C19H26N2O/c22-19(11-14-4-5-15-2-1-3-16(15)10-14)21-8-6-17-12-20-13-18(17)7-9-21/h4-5,10,17-18,20H,1-3,6-9,11-13H2/t17-,18+. The number of benzene rings is 1. The molecule has 3 heteroatoms. The van der Waals surface area contributed by atoms with E-state index in [2.05, 4.69) is 28.4 Å². The van der Waals surface area contributed by atoms with Crippen molar-refractivity contribution >= 4 is 5.91 Å². The molecule has 1 aromatic rings. The molecule has 2 saturated heterocycles. The lowest BCUT2D eigenvalue weighted by Crippen LogP contribution is -2.33. The summed E-state index contributed by atoms with van der Waals surface area (Å²) in [7, 11) is 0. The third-order valence-corrected chi connectivity index (χ3v) is 5.89. The van der Waals surface area contributed by atoms with Gasteiger partial charge in [-0.15, -0.1) is 0 Å². The first kappa shape index (κ1) is 14.3. The lowest BCUT2D eigenvalue weighted by atomic mass is 9.92. The topological polar surface area (TPSA) is 32.3 Å². The molecule has 2 heterocycles. The summed E-state index contributed by atoms with van der Waals surface area (Å²) in [6.45, 7) is 4.20. The average molecular weight is 298 g/mol. The lowest BCUT2D eigenvalue weighted by Gasteiger charge is -2.21. The van der Waals surface area contributed by atoms with Gasteiger partial charge >= 0.3 is 0 Å². The second kappa shape index (κ2) is 6.04. The number of carbonyl (C=O) groups excluding carboxylic acids is 1. The molecule has 2 fully saturated rings. The zero-order valence-electron chi connectivity index (χ0n) is 13.3. The molecule has 118 valence electrons. The summed E-state index contributed by atoms with van der Waals surface area (Å²) in [5, 5.41) is 3.50. The molecule has 0 saturated carbocycles. The predicted octanol–water partition coefficient (Wildman–Crippen LogP) is 2.18. The molecule has 1 aromatic carbocycles. The lowest BCUT2D eigenvalue weighted by molar-refractivity contribution is -0.130. The van der Waals surface area contributed by atoms with Gasteiger partial charge in [-0.3, -0.25) is 4.79 Å². The highest BCUT2D eigenvalue weighted by molar-refractivity contribution is 5.79. The number of nitrogens with one attached hydrogen (secondary N) is 1. The van der Waals surface area contributed by atoms with Gasteiger partial charge in [-0.25, -0.2) is 0 Å². The van der Waals surface area contributed by atoms with Crippen molar-refractivity contribution in [3.8, 4) is 0 Å². The van der Waals surface area contributed by atoms with E-state index in [0.717, 1.165) is 38.0 Å². The van der Waals surface area contributed by atoms with Gasteiger partial charge in [-0.1, -0.05) is 18.2 Å². The van der Waals surface area contributed by atoms with Crippen LogP contribution in [0.2, 0.25) is 0 Å². The number of hydrogen-bond acceptors (Lipinski definition) is 2. The third kappa shape index (κ3) is 2.79. The Morgan fingerprint density at radius 3 is 2.59 bits per heavy atom. The van der Waals surface area contributed by atoms with Crippen LogP contribution in [0.25, 0.3) is 0 Å². The summed E-state index contributed by atoms with van der Waals surface area (Å²) >= 11 is 0. The van der Waals surface area contributed by atoms with E-state index in [9.17, 15) is 4.79 Å². The largest absolute Gasteiger partial charge is 0.342 e. The number of likely N-dealkylation sites (tertiary alicyclic amines) is 1. The Morgan fingerprint density at radius 2 is 1.82 bits per heavy atom. The molecular weight excluding hydrogens is 272 g/mol. The molecule has 0 aromatic heterocycles. The summed E-state index contributed by atoms with van der Waals surface area (Å²) in [4.78, 5) is 14.8. The number of hydrogen-bond donors (Lipinski definition) is 1. The van der Waals surface area contributed by atoms with Gasteiger partial charge in [0, 0.05) is 13.1 Å². The molecule has 0 bridgehead atoms. The minimum atomic E-state index is 0.325. The maximum absolute atomic E-state index is 12.7. The van der Waals surface area contributed by atoms with Crippen molar-refractivity contribution in [2.24, 2.45) is 11.8 Å². The van der Waals surface area contributed by atoms with Gasteiger partial charge in [-0.2, -0.15) is 0 Å². The van der Waals surface area contributed by atoms with E-state index in [1.807, 2.05) is 0 Å². The number of nitrogens with zero attached hydrogens (tertiary/aromatic N) is 1. The fourth-order valence-electron chi connectivity index (χ4n) is 4.49. The Morgan fingerprint density at radius 1 is 1.09 bits per heavy atom. The van der Waals surface area contributed by atoms with Gasteiger partial charge in [0.1, 0.15) is 0 Å². The average Bonchev–Trinajstić information content (AvgIpc) is 3.12. The fraction of sp³-hybridized carbons (Fsp3) is 0.632. The molecule has 0 radical (unpaired) electrons. The first-order valence-electron chi connectivity index (χ1n) is 8.89. The van der Waals surface area contributed by atoms with E-state index in [1.165, 1.54) is 48.8 Å². The van der Waals surface area contributed by atoms with Gasteiger partial charge in [0.2, 0.25) is 5.91 Å². The van der Waals surface area contributed by atoms with Crippen LogP contribution >= 0.6 is 0 Å². The van der Waals surface area contributed by atoms with E-state index >= 15 is 0 Å². The summed E-state index contributed by atoms with van der Waals surface area (Å²) < 4.78 is 0. The molecule has 0 spiro atoms. The van der Waals surface area contributed by atoms with Crippen molar-refractivity contribution in [3.05, 3.63) is 34.9 Å². The van der Waals surface area contributed by atoms with Crippen LogP contribution in [0.3, 0.4) is 0 Å². The molecule has 22 heavy (non-hydrogen) atoms. The second-order valence-electron chi connectivity index (χ2n) is 7.27. The molecule has 3 nitrogen and oxygen atoms in total. The molecular formula is C19H26N2O. The normalized spacial score (nSPS) is 27.4. The molecule has 4 rings (SSSR count). The highest BCUT2D eigenvalue weighted by atomic mass is 16.2. The number of rotatable bonds is 2. The highest BCUT2D eigenvalue weighted by Gasteiger charge is 2.31. The first-order valence-corrected chi connectivity index (χ1v) is 8.89. The Bertz CT molecular complexity index is 555. The molecule has 0 unspecified atom stereocenters. The van der Waals surface area contributed by atoms with Crippen LogP contribution in [0.4, 0.5) is 0 Å². The van der Waals surface area contributed by atoms with Gasteiger partial charge < -0.3 is 10.2 Å². The molecule has 1 amide bonds. The molecule has 1 N–H and O–H groups in total. The van der Waals surface area contributed by atoms with Gasteiger partial charge in [0.25, 0.3) is 0 Å². The molecule has 3 aliphatic rings. The maximum Gasteiger partial charge on any atom is 0.226 e. The van der Waals surface area contributed by atoms with E-state index in [1.54, 1.807) is 0 Å². The smallest absolute Gasteiger partial charge is 0.226 e. The van der Waals surface area contributed by atoms with Crippen molar-refractivity contribution in [2.45, 2.75) is 38.5 Å². The van der Waals surface area contributed by atoms with Crippen molar-refractivity contribution in [2.75, 3.05) is 26.2 Å². The van der Waals surface area contributed by atoms with Crippen LogP contribution in [0.15, 0.2) is 18.2 Å². The van der Waals surface area contributed by atoms with Crippen LogP contribution < -0.4 is 5.32 Å². The summed E-state index contributed by atoms with van der Waals surface area (Å²) in [5.41, 5.74) is 4.17. The van der Waals surface area contributed by atoms with Crippen LogP contribution in [0.1, 0.15) is 36.0 Å². The zero-order valence-corrected chi connectivity index (χ0v) is 13.3. The van der Waals surface area contributed by atoms with E-state index in [-0.39, 0.29) is 0 Å². The Balaban J connectivity index is 1.39. The summed E-state index contributed by atoms with van der Waals surface area (Å²) in [6.07, 6.45) is 6.61. The minimum absolute atomic E-state index is 0.325. The molecule has 2 aliphatic heterocycles. The Hall–Kier alpha value is -1.35. The number of aryl methyl sites for hydroxylation is 2. The van der Waals surface area contributed by atoms with E-state index in [4.69, 9.17) is 0 Å². The Kier molecular flexibility index (Phi) is 3.91. The first-order chi connectivity index (χ1) is 10.8. The third-order valence-electron chi connectivity index (χ3n) is 5.89. The van der Waals surface area contributed by atoms with Gasteiger partial charge in [0.15, 0.2) is 0 Å². The SMILES string of the molecule is O=C(Cc1ccc2c(c1)CCC2)N1CC[C@@H]2CNC[C@@H]2CC1. The molecule has 2 atom stereocenters. The number of amides is 1. The minimum Gasteiger partial charge on any atom is -0.342 e. The van der Waals surface area contributed by atoms with Crippen LogP contribution in [-0.4, -0.2) is 37.0 Å². The zero-order chi connectivity index (χ0) is 14.9. The van der Waals surface area contributed by atoms with Gasteiger partial charge in [0.05, 0.1) is 6.42 Å². The van der Waals surface area contributed by atoms with E-state index in [0.29, 0.717) is 12.3 Å². The highest BCUT2D eigenvalue weighted by Crippen LogP contribution is 2.28. The monoisotopic (exact) mass is 298 g/mol. The van der Waals surface area contributed by atoms with Gasteiger partial charge in [-0.05, 0) is 73.7 Å². The Labute approximate surface area is 133 Å². The van der Waals surface area contributed by atoms with E-state index < -0.39 is 0 Å². The predicted molar refractivity (Wildman–Crippen MR) is 87.8 cm³/mol. The maximum atomic E-state index is 12.7. The van der Waals surface area contributed by atoms with Crippen molar-refractivity contribution in [1.82, 2.24) is 10.2 Å². The van der Waals surface area contributed by atoms with Crippen LogP contribution in [-0.2, 0) is 24.1 Å². The van der Waals surface area contributed by atoms with Crippen LogP contribution in [0.5, 0.6) is 0 Å². The van der Waals surface area contributed by atoms with Crippen molar-refractivity contribution in [1.29, 1.82) is 0 Å². The summed E-state index contributed by atoms with van der Waals surface area (Å²) in [6, 6.07) is 6.68. The van der Waals surface area contributed by atoms with Crippen molar-refractivity contribution in [3.63, 3.8) is 0 Å². The van der Waals surface area contributed by atoms with Crippen LogP contribution in [0, 0.1) is 11.8 Å². The molecule has 1 aliphatic carbocycles. The number of carbonyl (C=O) groups is 1. The number of fused-ring (bicyclic) bond motifs is 2. The second-order valence-corrected chi connectivity index (χ2v) is 7.27. The quantitative estimate of drug-likeness (QED) is 0.907. The van der Waals surface area contributed by atoms with Crippen molar-refractivity contribution < 1.29 is 4.79 Å². The fourth-order valence-corrected chi connectivity index (χ4v) is 4.49. The summed E-state index contributed by atoms with van der Waals surface area (Å²) in [5.74, 6) is 1.90.